The number of anilines is 1. The van der Waals surface area contributed by atoms with Crippen LogP contribution in [0.2, 0.25) is 0 Å². The number of benzene rings is 1. The maximum absolute atomic E-state index is 12.4. The van der Waals surface area contributed by atoms with Crippen LogP contribution in [0.1, 0.15) is 54.1 Å². The molecule has 0 spiro atoms. The van der Waals surface area contributed by atoms with Crippen LogP contribution in [0.4, 0.5) is 5.69 Å². The summed E-state index contributed by atoms with van der Waals surface area (Å²) < 4.78 is 11.2. The van der Waals surface area contributed by atoms with E-state index in [1.54, 1.807) is 13.0 Å². The second-order valence-electron chi connectivity index (χ2n) is 6.18. The van der Waals surface area contributed by atoms with E-state index < -0.39 is 18.0 Å². The van der Waals surface area contributed by atoms with Crippen LogP contribution < -0.4 is 5.32 Å². The Hall–Kier alpha value is -2.15. The second kappa shape index (κ2) is 7.82. The molecule has 7 heteroatoms. The number of carbonyl (C=O) groups is 2. The summed E-state index contributed by atoms with van der Waals surface area (Å²) in [5.41, 5.74) is 2.41. The molecule has 0 radical (unpaired) electrons. The fourth-order valence-electron chi connectivity index (χ4n) is 2.26. The lowest BCUT2D eigenvalue weighted by atomic mass is 10.1. The lowest BCUT2D eigenvalue weighted by molar-refractivity contribution is -0.123. The van der Waals surface area contributed by atoms with Gasteiger partial charge in [-0.2, -0.15) is 0 Å². The second-order valence-corrected chi connectivity index (χ2v) is 7.04. The van der Waals surface area contributed by atoms with Crippen molar-refractivity contribution in [2.45, 2.75) is 46.6 Å². The molecule has 1 N–H and O–H groups in total. The SMILES string of the molecule is Cc1ccc(NC(=O)[C@@H](C)OC(=O)c2c(C)noc2C(C)C)c(Br)c1. The molecule has 0 aliphatic carbocycles. The number of esters is 1. The number of hydrogen-bond acceptors (Lipinski definition) is 5. The van der Waals surface area contributed by atoms with Gasteiger partial charge >= 0.3 is 5.97 Å². The first-order valence-corrected chi connectivity index (χ1v) is 8.74. The van der Waals surface area contributed by atoms with Crippen molar-refractivity contribution < 1.29 is 18.8 Å². The smallest absolute Gasteiger partial charge is 0.344 e. The third-order valence-electron chi connectivity index (χ3n) is 3.65. The fourth-order valence-corrected chi connectivity index (χ4v) is 2.85. The summed E-state index contributed by atoms with van der Waals surface area (Å²) in [5, 5.41) is 6.55. The van der Waals surface area contributed by atoms with Gasteiger partial charge in [0, 0.05) is 10.4 Å². The molecule has 1 amide bonds. The minimum absolute atomic E-state index is 0.0172. The minimum atomic E-state index is -0.963. The van der Waals surface area contributed by atoms with Crippen LogP contribution in [0.15, 0.2) is 27.2 Å². The Morgan fingerprint density at radius 1 is 1.24 bits per heavy atom. The summed E-state index contributed by atoms with van der Waals surface area (Å²) in [7, 11) is 0. The average Bonchev–Trinajstić information content (AvgIpc) is 2.91. The quantitative estimate of drug-likeness (QED) is 0.743. The largest absolute Gasteiger partial charge is 0.449 e. The Bertz CT molecular complexity index is 798. The Kier molecular flexibility index (Phi) is 6.00. The van der Waals surface area contributed by atoms with Gasteiger partial charge in [0.25, 0.3) is 5.91 Å². The third kappa shape index (κ3) is 4.48. The van der Waals surface area contributed by atoms with Gasteiger partial charge in [0.1, 0.15) is 5.56 Å². The van der Waals surface area contributed by atoms with Gasteiger partial charge in [0.15, 0.2) is 11.9 Å². The number of carbonyl (C=O) groups excluding carboxylic acids is 2. The predicted octanol–water partition coefficient (Wildman–Crippen LogP) is 4.36. The van der Waals surface area contributed by atoms with Crippen molar-refractivity contribution in [3.8, 4) is 0 Å². The highest BCUT2D eigenvalue weighted by molar-refractivity contribution is 9.10. The molecule has 134 valence electrons. The number of halogens is 1. The molecule has 1 aromatic heterocycles. The molecule has 2 aromatic rings. The van der Waals surface area contributed by atoms with E-state index in [2.05, 4.69) is 26.4 Å². The molecule has 1 heterocycles. The zero-order chi connectivity index (χ0) is 18.7. The van der Waals surface area contributed by atoms with E-state index in [0.717, 1.165) is 10.0 Å². The van der Waals surface area contributed by atoms with Crippen molar-refractivity contribution in [1.29, 1.82) is 0 Å². The first kappa shape index (κ1) is 19.2. The van der Waals surface area contributed by atoms with Gasteiger partial charge in [-0.15, -0.1) is 0 Å². The molecule has 0 saturated heterocycles. The van der Waals surface area contributed by atoms with Crippen molar-refractivity contribution >= 4 is 33.5 Å². The number of nitrogens with zero attached hydrogens (tertiary/aromatic N) is 1. The first-order chi connectivity index (χ1) is 11.7. The van der Waals surface area contributed by atoms with Crippen molar-refractivity contribution in [2.75, 3.05) is 5.32 Å². The predicted molar refractivity (Wildman–Crippen MR) is 97.7 cm³/mol. The van der Waals surface area contributed by atoms with Gasteiger partial charge in [0.2, 0.25) is 0 Å². The summed E-state index contributed by atoms with van der Waals surface area (Å²) in [6.07, 6.45) is -0.963. The van der Waals surface area contributed by atoms with E-state index in [0.29, 0.717) is 17.1 Å². The Morgan fingerprint density at radius 3 is 2.52 bits per heavy atom. The van der Waals surface area contributed by atoms with E-state index in [1.165, 1.54) is 6.92 Å². The van der Waals surface area contributed by atoms with Crippen LogP contribution in [-0.2, 0) is 9.53 Å². The summed E-state index contributed by atoms with van der Waals surface area (Å²) >= 11 is 3.40. The monoisotopic (exact) mass is 408 g/mol. The molecular formula is C18H21BrN2O4. The molecule has 0 fully saturated rings. The van der Waals surface area contributed by atoms with Crippen molar-refractivity contribution in [3.63, 3.8) is 0 Å². The lowest BCUT2D eigenvalue weighted by Gasteiger charge is -2.15. The van der Waals surface area contributed by atoms with Gasteiger partial charge in [-0.25, -0.2) is 4.79 Å². The Labute approximate surface area is 155 Å². The molecule has 0 aliphatic heterocycles. The number of amides is 1. The number of aryl methyl sites for hydroxylation is 2. The molecule has 0 saturated carbocycles. The highest BCUT2D eigenvalue weighted by atomic mass is 79.9. The molecule has 0 unspecified atom stereocenters. The van der Waals surface area contributed by atoms with Gasteiger partial charge in [-0.05, 0) is 54.4 Å². The number of aromatic nitrogens is 1. The topological polar surface area (TPSA) is 81.4 Å². The zero-order valence-electron chi connectivity index (χ0n) is 14.8. The normalized spacial score (nSPS) is 12.1. The van der Waals surface area contributed by atoms with Crippen LogP contribution in [0.3, 0.4) is 0 Å². The van der Waals surface area contributed by atoms with E-state index in [1.807, 2.05) is 32.9 Å². The lowest BCUT2D eigenvalue weighted by Crippen LogP contribution is -2.30. The van der Waals surface area contributed by atoms with Crippen LogP contribution in [0.25, 0.3) is 0 Å². The summed E-state index contributed by atoms with van der Waals surface area (Å²) in [6.45, 7) is 8.92. The molecule has 6 nitrogen and oxygen atoms in total. The van der Waals surface area contributed by atoms with Gasteiger partial charge in [-0.1, -0.05) is 25.1 Å². The average molecular weight is 409 g/mol. The van der Waals surface area contributed by atoms with E-state index in [9.17, 15) is 9.59 Å². The molecule has 25 heavy (non-hydrogen) atoms. The zero-order valence-corrected chi connectivity index (χ0v) is 16.4. The summed E-state index contributed by atoms with van der Waals surface area (Å²) in [4.78, 5) is 24.7. The van der Waals surface area contributed by atoms with E-state index in [-0.39, 0.29) is 11.5 Å². The third-order valence-corrected chi connectivity index (χ3v) is 4.31. The minimum Gasteiger partial charge on any atom is -0.449 e. The number of hydrogen-bond donors (Lipinski definition) is 1. The highest BCUT2D eigenvalue weighted by Gasteiger charge is 2.27. The number of ether oxygens (including phenoxy) is 1. The first-order valence-electron chi connectivity index (χ1n) is 7.94. The van der Waals surface area contributed by atoms with Crippen molar-refractivity contribution in [1.82, 2.24) is 5.16 Å². The maximum atomic E-state index is 12.4. The summed E-state index contributed by atoms with van der Waals surface area (Å²) in [5.74, 6) is -0.598. The number of rotatable bonds is 5. The van der Waals surface area contributed by atoms with Crippen molar-refractivity contribution in [2.24, 2.45) is 0 Å². The fraction of sp³-hybridized carbons (Fsp3) is 0.389. The molecule has 1 aromatic carbocycles. The standard InChI is InChI=1S/C18H21BrN2O4/c1-9(2)16-15(11(4)21-25-16)18(23)24-12(5)17(22)20-14-7-6-10(3)8-13(14)19/h6-9,12H,1-5H3,(H,20,22)/t12-/m1/s1. The Balaban J connectivity index is 2.08. The number of nitrogens with one attached hydrogen (secondary N) is 1. The van der Waals surface area contributed by atoms with E-state index >= 15 is 0 Å². The van der Waals surface area contributed by atoms with Crippen molar-refractivity contribution in [3.05, 3.63) is 45.3 Å². The van der Waals surface area contributed by atoms with Gasteiger partial charge < -0.3 is 14.6 Å². The molecular weight excluding hydrogens is 388 g/mol. The van der Waals surface area contributed by atoms with Crippen LogP contribution in [0.5, 0.6) is 0 Å². The highest BCUT2D eigenvalue weighted by Crippen LogP contribution is 2.25. The van der Waals surface area contributed by atoms with Gasteiger partial charge in [-0.3, -0.25) is 4.79 Å². The maximum Gasteiger partial charge on any atom is 0.344 e. The molecule has 0 aliphatic rings. The van der Waals surface area contributed by atoms with Crippen LogP contribution >= 0.6 is 15.9 Å². The molecule has 0 bridgehead atoms. The molecule has 1 atom stereocenters. The van der Waals surface area contributed by atoms with Crippen LogP contribution in [-0.4, -0.2) is 23.1 Å². The molecule has 2 rings (SSSR count). The summed E-state index contributed by atoms with van der Waals surface area (Å²) in [6, 6.07) is 5.56. The van der Waals surface area contributed by atoms with Gasteiger partial charge in [0.05, 0.1) is 11.4 Å². The van der Waals surface area contributed by atoms with Crippen LogP contribution in [0, 0.1) is 13.8 Å². The van der Waals surface area contributed by atoms with E-state index in [4.69, 9.17) is 9.26 Å². The Morgan fingerprint density at radius 2 is 1.92 bits per heavy atom.